The highest BCUT2D eigenvalue weighted by Gasteiger charge is 2.16. The summed E-state index contributed by atoms with van der Waals surface area (Å²) in [5.41, 5.74) is 6.92. The molecule has 0 atom stereocenters. The molecule has 0 aliphatic heterocycles. The molecule has 0 spiro atoms. The Kier molecular flexibility index (Phi) is 7.01. The highest BCUT2D eigenvalue weighted by Crippen LogP contribution is 2.00. The van der Waals surface area contributed by atoms with E-state index in [1.54, 1.807) is 0 Å². The first-order chi connectivity index (χ1) is 7.38. The van der Waals surface area contributed by atoms with Gasteiger partial charge in [-0.3, -0.25) is 4.79 Å². The number of amides is 1. The molecule has 0 radical (unpaired) electrons. The number of carbonyl (C=O) groups excluding carboxylic acids is 1. The van der Waals surface area contributed by atoms with Crippen molar-refractivity contribution in [3.63, 3.8) is 0 Å². The minimum atomic E-state index is -0.0238. The van der Waals surface area contributed by atoms with E-state index in [0.29, 0.717) is 0 Å². The minimum Gasteiger partial charge on any atom is -0.267 e. The van der Waals surface area contributed by atoms with Gasteiger partial charge in [-0.2, -0.15) is 0 Å². The number of carbonyl (C=O) groups is 1. The molecule has 16 heavy (non-hydrogen) atoms. The second kappa shape index (κ2) is 7.41. The average Bonchev–Trinajstić information content (AvgIpc) is 2.14. The van der Waals surface area contributed by atoms with Crippen molar-refractivity contribution < 1.29 is 4.79 Å². The molecule has 0 saturated carbocycles. The lowest BCUT2D eigenvalue weighted by molar-refractivity contribution is -0.135. The predicted molar refractivity (Wildman–Crippen MR) is 67.4 cm³/mol. The molecule has 0 heterocycles. The molecule has 1 amide bonds. The van der Waals surface area contributed by atoms with E-state index >= 15 is 0 Å². The Morgan fingerprint density at radius 3 is 1.94 bits per heavy atom. The molecule has 2 N–H and O–H groups in total. The maximum absolute atomic E-state index is 12.0. The number of allylic oxidation sites excluding steroid dienone is 1. The van der Waals surface area contributed by atoms with E-state index in [2.05, 4.69) is 10.9 Å². The molecule has 94 valence electrons. The summed E-state index contributed by atoms with van der Waals surface area (Å²) in [5.74, 6) is -0.0238. The summed E-state index contributed by atoms with van der Waals surface area (Å²) in [6.07, 6.45) is 2.80. The highest BCUT2D eigenvalue weighted by molar-refractivity contribution is 5.92. The van der Waals surface area contributed by atoms with E-state index in [9.17, 15) is 4.79 Å². The van der Waals surface area contributed by atoms with Crippen LogP contribution < -0.4 is 10.9 Å². The van der Waals surface area contributed by atoms with Crippen LogP contribution >= 0.6 is 0 Å². The Balaban J connectivity index is 4.61. The lowest BCUT2D eigenvalue weighted by Gasteiger charge is -2.28. The summed E-state index contributed by atoms with van der Waals surface area (Å²) in [6.45, 7) is 11.9. The summed E-state index contributed by atoms with van der Waals surface area (Å²) >= 11 is 0. The fraction of sp³-hybridized carbons (Fsp3) is 0.750. The molecule has 0 aliphatic rings. The van der Waals surface area contributed by atoms with Crippen LogP contribution in [0.4, 0.5) is 0 Å². The van der Waals surface area contributed by atoms with Crippen LogP contribution in [-0.4, -0.2) is 23.1 Å². The van der Waals surface area contributed by atoms with Gasteiger partial charge in [0.1, 0.15) is 0 Å². The molecule has 4 heteroatoms. The Morgan fingerprint density at radius 2 is 1.62 bits per heavy atom. The van der Waals surface area contributed by atoms with Gasteiger partial charge in [0.2, 0.25) is 0 Å². The molecule has 0 fully saturated rings. The van der Waals surface area contributed by atoms with Gasteiger partial charge < -0.3 is 0 Å². The summed E-state index contributed by atoms with van der Waals surface area (Å²) < 4.78 is 0. The monoisotopic (exact) mass is 227 g/mol. The number of nitrogens with one attached hydrogen (secondary N) is 2. The number of hydrazine groups is 2. The van der Waals surface area contributed by atoms with E-state index < -0.39 is 0 Å². The molecule has 0 bridgehead atoms. The zero-order valence-corrected chi connectivity index (χ0v) is 11.3. The second-order valence-corrected chi connectivity index (χ2v) is 4.50. The van der Waals surface area contributed by atoms with E-state index in [4.69, 9.17) is 0 Å². The highest BCUT2D eigenvalue weighted by atomic mass is 16.2. The summed E-state index contributed by atoms with van der Waals surface area (Å²) in [7, 11) is 0. The van der Waals surface area contributed by atoms with Gasteiger partial charge in [-0.05, 0) is 41.0 Å². The standard InChI is InChI=1S/C12H25N3O/c1-7-8-11(6)12(16)15(13-9(2)3)14-10(4)5/h8-10,13-14H,7H2,1-6H3. The molecule has 0 aromatic carbocycles. The van der Waals surface area contributed by atoms with E-state index in [1.165, 1.54) is 5.12 Å². The summed E-state index contributed by atoms with van der Waals surface area (Å²) in [4.78, 5) is 12.0. The third-order valence-electron chi connectivity index (χ3n) is 1.83. The molecule has 0 saturated heterocycles. The van der Waals surface area contributed by atoms with Gasteiger partial charge >= 0.3 is 0 Å². The van der Waals surface area contributed by atoms with Gasteiger partial charge in [-0.15, -0.1) is 0 Å². The van der Waals surface area contributed by atoms with E-state index in [-0.39, 0.29) is 18.0 Å². The van der Waals surface area contributed by atoms with Gasteiger partial charge in [0.25, 0.3) is 5.91 Å². The molecule has 0 aromatic heterocycles. The van der Waals surface area contributed by atoms with Crippen LogP contribution in [-0.2, 0) is 4.79 Å². The quantitative estimate of drug-likeness (QED) is 0.539. The first kappa shape index (κ1) is 15.1. The van der Waals surface area contributed by atoms with Crippen LogP contribution in [0, 0.1) is 0 Å². The van der Waals surface area contributed by atoms with Crippen LogP contribution in [0.1, 0.15) is 48.0 Å². The lowest BCUT2D eigenvalue weighted by Crippen LogP contribution is -2.56. The first-order valence-electron chi connectivity index (χ1n) is 5.92. The third kappa shape index (κ3) is 5.88. The topological polar surface area (TPSA) is 44.4 Å². The molecule has 4 nitrogen and oxygen atoms in total. The van der Waals surface area contributed by atoms with Gasteiger partial charge in [0, 0.05) is 17.7 Å². The molecular formula is C12H25N3O. The molecular weight excluding hydrogens is 202 g/mol. The first-order valence-corrected chi connectivity index (χ1v) is 5.92. The Bertz CT molecular complexity index is 237. The molecule has 0 rings (SSSR count). The second-order valence-electron chi connectivity index (χ2n) is 4.50. The smallest absolute Gasteiger partial charge is 0.267 e. The number of nitrogens with zero attached hydrogens (tertiary/aromatic N) is 1. The van der Waals surface area contributed by atoms with Crippen molar-refractivity contribution in [1.82, 2.24) is 16.0 Å². The van der Waals surface area contributed by atoms with Crippen LogP contribution in [0.2, 0.25) is 0 Å². The normalized spacial score (nSPS) is 12.4. The fourth-order valence-corrected chi connectivity index (χ4v) is 1.24. The van der Waals surface area contributed by atoms with Gasteiger partial charge in [0.05, 0.1) is 0 Å². The molecule has 0 aliphatic carbocycles. The SMILES string of the molecule is CCC=C(C)C(=O)N(NC(C)C)NC(C)C. The van der Waals surface area contributed by atoms with Crippen molar-refractivity contribution in [2.45, 2.75) is 60.0 Å². The summed E-state index contributed by atoms with van der Waals surface area (Å²) in [5, 5.41) is 1.48. The maximum atomic E-state index is 12.0. The van der Waals surface area contributed by atoms with Crippen molar-refractivity contribution in [2.75, 3.05) is 0 Å². The van der Waals surface area contributed by atoms with E-state index in [0.717, 1.165) is 12.0 Å². The Morgan fingerprint density at radius 1 is 1.19 bits per heavy atom. The van der Waals surface area contributed by atoms with Crippen molar-refractivity contribution in [2.24, 2.45) is 0 Å². The average molecular weight is 227 g/mol. The van der Waals surface area contributed by atoms with Crippen molar-refractivity contribution in [1.29, 1.82) is 0 Å². The fourth-order valence-electron chi connectivity index (χ4n) is 1.24. The molecule has 0 aromatic rings. The van der Waals surface area contributed by atoms with Gasteiger partial charge in [-0.1, -0.05) is 13.0 Å². The predicted octanol–water partition coefficient (Wildman–Crippen LogP) is 2.00. The third-order valence-corrected chi connectivity index (χ3v) is 1.83. The van der Waals surface area contributed by atoms with Crippen LogP contribution in [0.3, 0.4) is 0 Å². The summed E-state index contributed by atoms with van der Waals surface area (Å²) in [6, 6.07) is 0.425. The number of hydrogen-bond acceptors (Lipinski definition) is 3. The van der Waals surface area contributed by atoms with Crippen LogP contribution in [0.15, 0.2) is 11.6 Å². The van der Waals surface area contributed by atoms with Gasteiger partial charge in [0.15, 0.2) is 0 Å². The van der Waals surface area contributed by atoms with Crippen LogP contribution in [0.25, 0.3) is 0 Å². The van der Waals surface area contributed by atoms with Gasteiger partial charge in [-0.25, -0.2) is 16.0 Å². The van der Waals surface area contributed by atoms with Crippen molar-refractivity contribution >= 4 is 5.91 Å². The zero-order valence-electron chi connectivity index (χ0n) is 11.3. The number of hydrogen-bond donors (Lipinski definition) is 2. The number of rotatable bonds is 6. The van der Waals surface area contributed by atoms with Crippen molar-refractivity contribution in [3.8, 4) is 0 Å². The van der Waals surface area contributed by atoms with Crippen LogP contribution in [0.5, 0.6) is 0 Å². The largest absolute Gasteiger partial charge is 0.278 e. The molecule has 0 unspecified atom stereocenters. The lowest BCUT2D eigenvalue weighted by atomic mass is 10.2. The maximum Gasteiger partial charge on any atom is 0.278 e. The van der Waals surface area contributed by atoms with Crippen molar-refractivity contribution in [3.05, 3.63) is 11.6 Å². The Labute approximate surface area is 99.0 Å². The van der Waals surface area contributed by atoms with E-state index in [1.807, 2.05) is 47.6 Å². The zero-order chi connectivity index (χ0) is 12.7. The minimum absolute atomic E-state index is 0.0238. The Hall–Kier alpha value is -0.870.